The molecular formula is C28H25ClN2O8. The number of aromatic hydroxyl groups is 1. The number of carbonyl (C=O) groups excluding carboxylic acids is 3. The van der Waals surface area contributed by atoms with Crippen molar-refractivity contribution in [2.45, 2.75) is 17.7 Å². The summed E-state index contributed by atoms with van der Waals surface area (Å²) >= 11 is 6.39. The molecule has 0 unspecified atom stereocenters. The van der Waals surface area contributed by atoms with Crippen molar-refractivity contribution in [3.05, 3.63) is 86.8 Å². The van der Waals surface area contributed by atoms with Crippen molar-refractivity contribution in [1.82, 2.24) is 4.90 Å². The van der Waals surface area contributed by atoms with E-state index in [4.69, 9.17) is 17.3 Å². The van der Waals surface area contributed by atoms with E-state index in [2.05, 4.69) is 0 Å². The van der Waals surface area contributed by atoms with E-state index in [1.807, 2.05) is 0 Å². The van der Waals surface area contributed by atoms with E-state index in [0.717, 1.165) is 0 Å². The molecule has 7 N–H and O–H groups in total. The number of halogens is 1. The number of hydrogen-bond acceptors (Lipinski definition) is 9. The molecule has 2 aromatic carbocycles. The number of primary amides is 1. The van der Waals surface area contributed by atoms with Gasteiger partial charge in [-0.1, -0.05) is 41.9 Å². The van der Waals surface area contributed by atoms with Gasteiger partial charge in [0.15, 0.2) is 11.4 Å². The summed E-state index contributed by atoms with van der Waals surface area (Å²) in [6.07, 6.45) is -0.180. The number of carbonyl (C=O) groups is 3. The van der Waals surface area contributed by atoms with Gasteiger partial charge in [-0.05, 0) is 49.0 Å². The fourth-order valence-corrected chi connectivity index (χ4v) is 6.27. The van der Waals surface area contributed by atoms with Crippen LogP contribution in [-0.4, -0.2) is 79.7 Å². The van der Waals surface area contributed by atoms with Crippen LogP contribution < -0.4 is 5.73 Å². The Labute approximate surface area is 227 Å². The van der Waals surface area contributed by atoms with E-state index in [0.29, 0.717) is 10.6 Å². The van der Waals surface area contributed by atoms with Crippen LogP contribution in [0.3, 0.4) is 0 Å². The van der Waals surface area contributed by atoms with Gasteiger partial charge in [0, 0.05) is 10.9 Å². The van der Waals surface area contributed by atoms with E-state index in [1.54, 1.807) is 36.4 Å². The SMILES string of the molecule is CN(C)[C@@H]1C(O)=C(C(N)=O)C(=O)[C@]2(O)C(O)=C3C(=O)c4c(O)cccc4/C(=C\c4ccccc4Cl)[C@@H]3[C@@H](O)[C@H]12. The van der Waals surface area contributed by atoms with Crippen LogP contribution in [0.2, 0.25) is 5.02 Å². The summed E-state index contributed by atoms with van der Waals surface area (Å²) in [5, 5.41) is 57.1. The van der Waals surface area contributed by atoms with E-state index < -0.39 is 75.5 Å². The number of ketones is 2. The molecule has 3 aliphatic carbocycles. The van der Waals surface area contributed by atoms with E-state index >= 15 is 0 Å². The van der Waals surface area contributed by atoms with Crippen LogP contribution in [0.1, 0.15) is 21.5 Å². The van der Waals surface area contributed by atoms with Crippen molar-refractivity contribution < 1.29 is 39.9 Å². The highest BCUT2D eigenvalue weighted by Gasteiger charge is 2.67. The van der Waals surface area contributed by atoms with Gasteiger partial charge >= 0.3 is 0 Å². The first-order chi connectivity index (χ1) is 18.3. The zero-order valence-corrected chi connectivity index (χ0v) is 21.5. The molecule has 10 nitrogen and oxygen atoms in total. The zero-order chi connectivity index (χ0) is 28.5. The lowest BCUT2D eigenvalue weighted by Crippen LogP contribution is -2.68. The maximum absolute atomic E-state index is 13.8. The van der Waals surface area contributed by atoms with Crippen molar-refractivity contribution in [3.63, 3.8) is 0 Å². The minimum Gasteiger partial charge on any atom is -0.510 e. The number of phenols is 1. The van der Waals surface area contributed by atoms with Crippen LogP contribution in [-0.2, 0) is 9.59 Å². The second kappa shape index (κ2) is 9.06. The number of aliphatic hydroxyl groups excluding tert-OH is 3. The van der Waals surface area contributed by atoms with Gasteiger partial charge in [-0.15, -0.1) is 0 Å². The molecule has 39 heavy (non-hydrogen) atoms. The Morgan fingerprint density at radius 3 is 2.36 bits per heavy atom. The lowest BCUT2D eigenvalue weighted by Gasteiger charge is -2.52. The monoisotopic (exact) mass is 552 g/mol. The molecule has 0 spiro atoms. The molecule has 5 rings (SSSR count). The summed E-state index contributed by atoms with van der Waals surface area (Å²) in [5.41, 5.74) is 1.64. The Hall–Kier alpha value is -3.96. The number of fused-ring (bicyclic) bond motifs is 3. The molecule has 1 amide bonds. The third-order valence-corrected chi connectivity index (χ3v) is 8.09. The molecule has 0 radical (unpaired) electrons. The van der Waals surface area contributed by atoms with Crippen molar-refractivity contribution in [2.24, 2.45) is 17.6 Å². The minimum absolute atomic E-state index is 0.219. The highest BCUT2D eigenvalue weighted by Crippen LogP contribution is 2.55. The largest absolute Gasteiger partial charge is 0.510 e. The van der Waals surface area contributed by atoms with Gasteiger partial charge in [0.25, 0.3) is 5.91 Å². The van der Waals surface area contributed by atoms with Crippen LogP contribution in [0.4, 0.5) is 0 Å². The molecule has 0 saturated carbocycles. The fourth-order valence-electron chi connectivity index (χ4n) is 6.08. The molecule has 5 atom stereocenters. The van der Waals surface area contributed by atoms with E-state index in [1.165, 1.54) is 31.1 Å². The Morgan fingerprint density at radius 1 is 1.08 bits per heavy atom. The van der Waals surface area contributed by atoms with Crippen LogP contribution >= 0.6 is 11.6 Å². The number of amides is 1. The average molecular weight is 553 g/mol. The highest BCUT2D eigenvalue weighted by molar-refractivity contribution is 6.32. The third kappa shape index (κ3) is 3.56. The van der Waals surface area contributed by atoms with Gasteiger partial charge < -0.3 is 31.3 Å². The van der Waals surface area contributed by atoms with Gasteiger partial charge in [-0.3, -0.25) is 19.3 Å². The minimum atomic E-state index is -3.00. The zero-order valence-electron chi connectivity index (χ0n) is 20.8. The van der Waals surface area contributed by atoms with Crippen LogP contribution in [0.25, 0.3) is 11.6 Å². The Bertz CT molecular complexity index is 1560. The summed E-state index contributed by atoms with van der Waals surface area (Å²) < 4.78 is 0. The second-order valence-electron chi connectivity index (χ2n) is 10.0. The Balaban J connectivity index is 1.88. The van der Waals surface area contributed by atoms with Crippen LogP contribution in [0, 0.1) is 11.8 Å². The summed E-state index contributed by atoms with van der Waals surface area (Å²) in [7, 11) is 2.94. The molecule has 0 saturated heterocycles. The van der Waals surface area contributed by atoms with Crippen molar-refractivity contribution >= 4 is 40.7 Å². The molecule has 0 aliphatic heterocycles. The first kappa shape index (κ1) is 26.6. The number of Topliss-reactive ketones (excluding diaryl/α,β-unsaturated/α-hetero) is 2. The molecular weight excluding hydrogens is 528 g/mol. The first-order valence-corrected chi connectivity index (χ1v) is 12.3. The van der Waals surface area contributed by atoms with Gasteiger partial charge in [0.1, 0.15) is 22.8 Å². The predicted octanol–water partition coefficient (Wildman–Crippen LogP) is 1.74. The average Bonchev–Trinajstić information content (AvgIpc) is 2.86. The lowest BCUT2D eigenvalue weighted by molar-refractivity contribution is -0.159. The van der Waals surface area contributed by atoms with Crippen LogP contribution in [0.5, 0.6) is 5.75 Å². The number of rotatable bonds is 3. The number of benzene rings is 2. The predicted molar refractivity (Wildman–Crippen MR) is 141 cm³/mol. The standard InChI is InChI=1S/C28H25ClN2O8/c1-31(2)21-20-23(34)17-13(10-11-6-3-4-8-14(11)29)12-7-5-9-15(32)16(12)22(33)18(17)25(36)28(20,39)26(37)19(24(21)35)27(30)38/h3-10,17,20-21,23,32,34-36,39H,1-2H3,(H2,30,38)/b13-10+/t17-,20-,21-,23+,28+/m0/s1. The van der Waals surface area contributed by atoms with Crippen molar-refractivity contribution in [2.75, 3.05) is 14.1 Å². The molecule has 2 aromatic rings. The summed E-state index contributed by atoms with van der Waals surface area (Å²) in [5.74, 6) is -9.02. The van der Waals surface area contributed by atoms with E-state index in [9.17, 15) is 39.9 Å². The quantitative estimate of drug-likeness (QED) is 0.309. The normalized spacial score (nSPS) is 29.4. The molecule has 0 aromatic heterocycles. The number of phenolic OH excluding ortho intramolecular Hbond substituents is 1. The molecule has 202 valence electrons. The molecule has 0 heterocycles. The molecule has 3 aliphatic rings. The van der Waals surface area contributed by atoms with Gasteiger partial charge in [0.05, 0.1) is 29.2 Å². The molecule has 0 fully saturated rings. The number of likely N-dealkylation sites (N-methyl/N-ethyl adjacent to an activating group) is 1. The lowest BCUT2D eigenvalue weighted by atomic mass is 9.56. The number of hydrogen-bond donors (Lipinski definition) is 6. The molecule has 0 bridgehead atoms. The topological polar surface area (TPSA) is 182 Å². The fraction of sp³-hybridized carbons (Fsp3) is 0.250. The maximum atomic E-state index is 13.8. The summed E-state index contributed by atoms with van der Waals surface area (Å²) in [6, 6.07) is 9.69. The van der Waals surface area contributed by atoms with Crippen molar-refractivity contribution in [3.8, 4) is 5.75 Å². The Kier molecular flexibility index (Phi) is 6.19. The smallest absolute Gasteiger partial charge is 0.255 e. The second-order valence-corrected chi connectivity index (χ2v) is 10.4. The highest BCUT2D eigenvalue weighted by atomic mass is 35.5. The van der Waals surface area contributed by atoms with Gasteiger partial charge in [-0.25, -0.2) is 0 Å². The molecule has 11 heteroatoms. The first-order valence-electron chi connectivity index (χ1n) is 11.9. The van der Waals surface area contributed by atoms with Gasteiger partial charge in [0.2, 0.25) is 5.78 Å². The third-order valence-electron chi connectivity index (χ3n) is 7.75. The van der Waals surface area contributed by atoms with Crippen molar-refractivity contribution in [1.29, 1.82) is 0 Å². The van der Waals surface area contributed by atoms with Crippen LogP contribution in [0.15, 0.2) is 65.1 Å². The number of nitrogens with zero attached hydrogens (tertiary/aromatic N) is 1. The maximum Gasteiger partial charge on any atom is 0.255 e. The summed E-state index contributed by atoms with van der Waals surface area (Å²) in [6.45, 7) is 0. The van der Waals surface area contributed by atoms with E-state index in [-0.39, 0.29) is 16.7 Å². The Morgan fingerprint density at radius 2 is 1.74 bits per heavy atom. The number of nitrogens with two attached hydrogens (primary N) is 1. The van der Waals surface area contributed by atoms with Gasteiger partial charge in [-0.2, -0.15) is 0 Å². The summed E-state index contributed by atoms with van der Waals surface area (Å²) in [4.78, 5) is 40.8. The number of aliphatic hydroxyl groups is 4.